The summed E-state index contributed by atoms with van der Waals surface area (Å²) in [5.74, 6) is 0. The zero-order valence-electron chi connectivity index (χ0n) is 8.10. The smallest absolute Gasteiger partial charge is 0.145 e. The molecular weight excluding hydrogens is 164 g/mol. The van der Waals surface area contributed by atoms with E-state index in [9.17, 15) is 0 Å². The van der Waals surface area contributed by atoms with Gasteiger partial charge in [-0.3, -0.25) is 0 Å². The SMILES string of the molecule is C[N+](C)(C)n1nnc2ccccc21. The van der Waals surface area contributed by atoms with Crippen LogP contribution in [-0.4, -0.2) is 36.2 Å². The van der Waals surface area contributed by atoms with Crippen molar-refractivity contribution in [3.05, 3.63) is 24.3 Å². The van der Waals surface area contributed by atoms with Gasteiger partial charge in [0.15, 0.2) is 0 Å². The van der Waals surface area contributed by atoms with Gasteiger partial charge in [0.05, 0.1) is 21.1 Å². The number of benzene rings is 1. The lowest BCUT2D eigenvalue weighted by atomic mass is 10.3. The van der Waals surface area contributed by atoms with Gasteiger partial charge in [-0.25, -0.2) is 4.59 Å². The normalized spacial score (nSPS) is 12.2. The van der Waals surface area contributed by atoms with E-state index in [4.69, 9.17) is 0 Å². The van der Waals surface area contributed by atoms with E-state index < -0.39 is 0 Å². The van der Waals surface area contributed by atoms with Gasteiger partial charge >= 0.3 is 0 Å². The summed E-state index contributed by atoms with van der Waals surface area (Å²) in [5, 5.41) is 8.19. The van der Waals surface area contributed by atoms with Crippen molar-refractivity contribution in [2.75, 3.05) is 21.1 Å². The Labute approximate surface area is 76.9 Å². The third-order valence-electron chi connectivity index (χ3n) is 1.90. The lowest BCUT2D eigenvalue weighted by molar-refractivity contribution is 0.230. The van der Waals surface area contributed by atoms with E-state index in [1.807, 2.05) is 29.1 Å². The third kappa shape index (κ3) is 1.29. The molecule has 0 aliphatic rings. The second-order valence-corrected chi connectivity index (χ2v) is 3.91. The van der Waals surface area contributed by atoms with Crippen LogP contribution in [0.4, 0.5) is 0 Å². The molecule has 13 heavy (non-hydrogen) atoms. The monoisotopic (exact) mass is 177 g/mol. The summed E-state index contributed by atoms with van der Waals surface area (Å²) in [6, 6.07) is 7.96. The van der Waals surface area contributed by atoms with Crippen LogP contribution < -0.4 is 4.59 Å². The largest absolute Gasteiger partial charge is 0.205 e. The van der Waals surface area contributed by atoms with Gasteiger partial charge in [0.2, 0.25) is 0 Å². The number of hydrogen-bond acceptors (Lipinski definition) is 2. The molecular formula is C9H13N4+. The Morgan fingerprint density at radius 3 is 2.54 bits per heavy atom. The van der Waals surface area contributed by atoms with Crippen molar-refractivity contribution in [1.29, 1.82) is 0 Å². The van der Waals surface area contributed by atoms with Crippen molar-refractivity contribution in [3.63, 3.8) is 0 Å². The molecule has 0 spiro atoms. The lowest BCUT2D eigenvalue weighted by Crippen LogP contribution is -2.47. The molecule has 0 fully saturated rings. The molecule has 0 saturated heterocycles. The number of nitrogens with zero attached hydrogens (tertiary/aromatic N) is 4. The molecule has 0 aliphatic heterocycles. The van der Waals surface area contributed by atoms with Gasteiger partial charge in [-0.1, -0.05) is 16.9 Å². The molecule has 4 heteroatoms. The first-order valence-corrected chi connectivity index (χ1v) is 4.22. The van der Waals surface area contributed by atoms with Crippen molar-refractivity contribution in [3.8, 4) is 0 Å². The molecule has 2 aromatic rings. The van der Waals surface area contributed by atoms with E-state index >= 15 is 0 Å². The highest BCUT2D eigenvalue weighted by molar-refractivity contribution is 5.73. The number of para-hydroxylation sites is 1. The fraction of sp³-hybridized carbons (Fsp3) is 0.333. The number of fused-ring (bicyclic) bond motifs is 1. The fourth-order valence-corrected chi connectivity index (χ4v) is 1.30. The summed E-state index contributed by atoms with van der Waals surface area (Å²) >= 11 is 0. The van der Waals surface area contributed by atoms with Crippen molar-refractivity contribution >= 4 is 11.0 Å². The molecule has 68 valence electrons. The minimum atomic E-state index is 0.626. The minimum Gasteiger partial charge on any atom is -0.205 e. The molecule has 0 amide bonds. The maximum atomic E-state index is 4.11. The van der Waals surface area contributed by atoms with Crippen LogP contribution in [0.25, 0.3) is 11.0 Å². The molecule has 4 nitrogen and oxygen atoms in total. The number of rotatable bonds is 1. The standard InChI is InChI=1S/C9H13N4/c1-13(2,3)12-9-7-5-4-6-8(9)10-11-12/h4-7H,1-3H3/q+1. The summed E-state index contributed by atoms with van der Waals surface area (Å²) in [6.45, 7) is 0. The van der Waals surface area contributed by atoms with Crippen LogP contribution in [0.3, 0.4) is 0 Å². The van der Waals surface area contributed by atoms with Gasteiger partial charge in [-0.2, -0.15) is 0 Å². The van der Waals surface area contributed by atoms with Crippen molar-refractivity contribution in [2.45, 2.75) is 0 Å². The first-order valence-electron chi connectivity index (χ1n) is 4.22. The Balaban J connectivity index is 2.72. The van der Waals surface area contributed by atoms with Crippen LogP contribution in [-0.2, 0) is 0 Å². The summed E-state index contributed by atoms with van der Waals surface area (Å²) in [6.07, 6.45) is 0. The second-order valence-electron chi connectivity index (χ2n) is 3.91. The Bertz CT molecular complexity index is 424. The van der Waals surface area contributed by atoms with Gasteiger partial charge in [0, 0.05) is 0 Å². The second kappa shape index (κ2) is 2.53. The third-order valence-corrected chi connectivity index (χ3v) is 1.90. The topological polar surface area (TPSA) is 30.7 Å². The van der Waals surface area contributed by atoms with Gasteiger partial charge in [-0.15, -0.1) is 5.10 Å². The molecule has 2 rings (SSSR count). The average molecular weight is 177 g/mol. The van der Waals surface area contributed by atoms with Crippen molar-refractivity contribution < 1.29 is 0 Å². The predicted molar refractivity (Wildman–Crippen MR) is 52.8 cm³/mol. The van der Waals surface area contributed by atoms with Gasteiger partial charge < -0.3 is 0 Å². The maximum absolute atomic E-state index is 4.11. The zero-order chi connectivity index (χ0) is 9.47. The minimum absolute atomic E-state index is 0.626. The molecule has 0 atom stereocenters. The van der Waals surface area contributed by atoms with E-state index in [0.717, 1.165) is 11.0 Å². The summed E-state index contributed by atoms with van der Waals surface area (Å²) in [4.78, 5) is 1.88. The van der Waals surface area contributed by atoms with Gasteiger partial charge in [0.25, 0.3) is 0 Å². The van der Waals surface area contributed by atoms with Crippen LogP contribution in [0.2, 0.25) is 0 Å². The van der Waals surface area contributed by atoms with Crippen LogP contribution in [0, 0.1) is 0 Å². The Morgan fingerprint density at radius 1 is 1.15 bits per heavy atom. The number of quaternary nitrogens is 1. The zero-order valence-corrected chi connectivity index (χ0v) is 8.10. The molecule has 0 bridgehead atoms. The Morgan fingerprint density at radius 2 is 1.85 bits per heavy atom. The van der Waals surface area contributed by atoms with Crippen molar-refractivity contribution in [2.24, 2.45) is 0 Å². The maximum Gasteiger partial charge on any atom is 0.145 e. The first-order chi connectivity index (χ1) is 6.09. The first kappa shape index (κ1) is 8.19. The van der Waals surface area contributed by atoms with E-state index in [0.29, 0.717) is 4.59 Å². The van der Waals surface area contributed by atoms with Gasteiger partial charge in [-0.05, 0) is 17.3 Å². The highest BCUT2D eigenvalue weighted by atomic mass is 15.8. The van der Waals surface area contributed by atoms with Crippen LogP contribution in [0.1, 0.15) is 0 Å². The number of hydrogen-bond donors (Lipinski definition) is 0. The highest BCUT2D eigenvalue weighted by Crippen LogP contribution is 2.10. The van der Waals surface area contributed by atoms with E-state index in [2.05, 4.69) is 31.5 Å². The Kier molecular flexibility index (Phi) is 1.60. The van der Waals surface area contributed by atoms with Crippen LogP contribution in [0.5, 0.6) is 0 Å². The lowest BCUT2D eigenvalue weighted by Gasteiger charge is -2.21. The molecule has 0 saturated carbocycles. The van der Waals surface area contributed by atoms with E-state index in [-0.39, 0.29) is 0 Å². The van der Waals surface area contributed by atoms with E-state index in [1.54, 1.807) is 0 Å². The highest BCUT2D eigenvalue weighted by Gasteiger charge is 2.15. The quantitative estimate of drug-likeness (QED) is 0.602. The molecule has 0 unspecified atom stereocenters. The molecule has 0 aliphatic carbocycles. The summed E-state index contributed by atoms with van der Waals surface area (Å²) in [5.41, 5.74) is 2.01. The molecule has 1 aromatic heterocycles. The summed E-state index contributed by atoms with van der Waals surface area (Å²) in [7, 11) is 6.17. The predicted octanol–water partition coefficient (Wildman–Crippen LogP) is 0.760. The molecule has 0 N–H and O–H groups in total. The fourth-order valence-electron chi connectivity index (χ4n) is 1.30. The van der Waals surface area contributed by atoms with Crippen molar-refractivity contribution in [1.82, 2.24) is 19.7 Å². The molecule has 1 heterocycles. The van der Waals surface area contributed by atoms with Crippen LogP contribution >= 0.6 is 0 Å². The van der Waals surface area contributed by atoms with Gasteiger partial charge in [0.1, 0.15) is 11.0 Å². The van der Waals surface area contributed by atoms with Crippen LogP contribution in [0.15, 0.2) is 24.3 Å². The van der Waals surface area contributed by atoms with E-state index in [1.165, 1.54) is 0 Å². The molecule has 1 aromatic carbocycles. The molecule has 0 radical (unpaired) electrons. The average Bonchev–Trinajstić information content (AvgIpc) is 2.45. The Hall–Kier alpha value is -1.42. The number of aromatic nitrogens is 3. The summed E-state index contributed by atoms with van der Waals surface area (Å²) < 4.78 is 0.626.